The Morgan fingerprint density at radius 3 is 2.38 bits per heavy atom. The molecule has 3 rings (SSSR count). The van der Waals surface area contributed by atoms with Crippen LogP contribution in [0.4, 0.5) is 10.5 Å². The van der Waals surface area contributed by atoms with Gasteiger partial charge in [0.25, 0.3) is 0 Å². The Labute approximate surface area is 155 Å². The molecule has 0 bridgehead atoms. The molecule has 6 heteroatoms. The molecule has 1 N–H and O–H groups in total. The number of piperidine rings is 1. The van der Waals surface area contributed by atoms with Crippen LogP contribution in [0.3, 0.4) is 0 Å². The molecule has 2 aliphatic heterocycles. The van der Waals surface area contributed by atoms with Crippen molar-refractivity contribution in [1.82, 2.24) is 9.80 Å². The standard InChI is InChI=1S/C20H28N4O2/c1-15-12-23(13-16(2)26-15)14-18-7-9-24(10-8-18)20(25)22-19-5-3-17(11-21)4-6-19/h3-6,15-16,18H,7-10,12-14H2,1-2H3,(H,22,25). The number of hydrogen-bond donors (Lipinski definition) is 1. The Balaban J connectivity index is 1.44. The van der Waals surface area contributed by atoms with Crippen molar-refractivity contribution in [2.75, 3.05) is 38.0 Å². The Morgan fingerprint density at radius 2 is 1.81 bits per heavy atom. The Bertz CT molecular complexity index is 637. The van der Waals surface area contributed by atoms with E-state index in [0.717, 1.165) is 51.3 Å². The number of amides is 2. The van der Waals surface area contributed by atoms with Crippen LogP contribution in [-0.4, -0.2) is 60.8 Å². The molecule has 2 amide bonds. The molecule has 0 aliphatic carbocycles. The van der Waals surface area contributed by atoms with E-state index in [0.29, 0.717) is 23.7 Å². The number of ether oxygens (including phenoxy) is 1. The summed E-state index contributed by atoms with van der Waals surface area (Å²) in [6.45, 7) is 8.97. The number of urea groups is 1. The van der Waals surface area contributed by atoms with Gasteiger partial charge >= 0.3 is 6.03 Å². The van der Waals surface area contributed by atoms with Gasteiger partial charge in [-0.1, -0.05) is 0 Å². The lowest BCUT2D eigenvalue weighted by atomic mass is 9.96. The minimum atomic E-state index is -0.0539. The predicted octanol–water partition coefficient (Wildman–Crippen LogP) is 2.91. The Hall–Kier alpha value is -2.10. The van der Waals surface area contributed by atoms with Gasteiger partial charge in [0, 0.05) is 38.4 Å². The summed E-state index contributed by atoms with van der Waals surface area (Å²) in [5.41, 5.74) is 1.32. The van der Waals surface area contributed by atoms with E-state index >= 15 is 0 Å². The van der Waals surface area contributed by atoms with Crippen LogP contribution in [0, 0.1) is 17.2 Å². The lowest BCUT2D eigenvalue weighted by Crippen LogP contribution is -2.49. The van der Waals surface area contributed by atoms with Gasteiger partial charge in [0.2, 0.25) is 0 Å². The zero-order chi connectivity index (χ0) is 18.5. The van der Waals surface area contributed by atoms with Gasteiger partial charge in [-0.25, -0.2) is 4.79 Å². The number of nitrogens with zero attached hydrogens (tertiary/aromatic N) is 3. The van der Waals surface area contributed by atoms with Gasteiger partial charge in [0.1, 0.15) is 0 Å². The van der Waals surface area contributed by atoms with Crippen LogP contribution >= 0.6 is 0 Å². The zero-order valence-corrected chi connectivity index (χ0v) is 15.6. The summed E-state index contributed by atoms with van der Waals surface area (Å²) in [4.78, 5) is 16.8. The number of anilines is 1. The summed E-state index contributed by atoms with van der Waals surface area (Å²) < 4.78 is 5.80. The minimum Gasteiger partial charge on any atom is -0.373 e. The highest BCUT2D eigenvalue weighted by Gasteiger charge is 2.27. The highest BCUT2D eigenvalue weighted by Crippen LogP contribution is 2.21. The summed E-state index contributed by atoms with van der Waals surface area (Å²) in [6, 6.07) is 8.99. The molecule has 2 unspecified atom stereocenters. The zero-order valence-electron chi connectivity index (χ0n) is 15.6. The van der Waals surface area contributed by atoms with Crippen molar-refractivity contribution in [3.63, 3.8) is 0 Å². The van der Waals surface area contributed by atoms with Gasteiger partial charge < -0.3 is 15.0 Å². The van der Waals surface area contributed by atoms with Crippen molar-refractivity contribution >= 4 is 11.7 Å². The number of carbonyl (C=O) groups excluding carboxylic acids is 1. The lowest BCUT2D eigenvalue weighted by Gasteiger charge is -2.39. The van der Waals surface area contributed by atoms with Crippen LogP contribution in [-0.2, 0) is 4.74 Å². The molecule has 1 aromatic rings. The molecule has 2 aliphatic rings. The van der Waals surface area contributed by atoms with Crippen molar-refractivity contribution in [3.8, 4) is 6.07 Å². The number of carbonyl (C=O) groups is 1. The molecule has 140 valence electrons. The van der Waals surface area contributed by atoms with Crippen molar-refractivity contribution < 1.29 is 9.53 Å². The first-order chi connectivity index (χ1) is 12.5. The van der Waals surface area contributed by atoms with Crippen LogP contribution in [0.15, 0.2) is 24.3 Å². The molecule has 26 heavy (non-hydrogen) atoms. The molecule has 0 spiro atoms. The molecule has 0 saturated carbocycles. The smallest absolute Gasteiger partial charge is 0.321 e. The fourth-order valence-corrected chi connectivity index (χ4v) is 3.95. The van der Waals surface area contributed by atoms with Crippen LogP contribution in [0.1, 0.15) is 32.3 Å². The first-order valence-corrected chi connectivity index (χ1v) is 9.47. The minimum absolute atomic E-state index is 0.0539. The van der Waals surface area contributed by atoms with E-state index < -0.39 is 0 Å². The first kappa shape index (κ1) is 18.7. The molecule has 2 fully saturated rings. The molecular formula is C20H28N4O2. The van der Waals surface area contributed by atoms with Gasteiger partial charge in [0.15, 0.2) is 0 Å². The van der Waals surface area contributed by atoms with Crippen LogP contribution in [0.5, 0.6) is 0 Å². The molecule has 2 atom stereocenters. The third-order valence-electron chi connectivity index (χ3n) is 5.18. The summed E-state index contributed by atoms with van der Waals surface area (Å²) in [6.07, 6.45) is 2.69. The van der Waals surface area contributed by atoms with Crippen molar-refractivity contribution in [3.05, 3.63) is 29.8 Å². The van der Waals surface area contributed by atoms with Gasteiger partial charge in [-0.05, 0) is 56.9 Å². The topological polar surface area (TPSA) is 68.6 Å². The summed E-state index contributed by atoms with van der Waals surface area (Å²) in [7, 11) is 0. The number of nitrogens with one attached hydrogen (secondary N) is 1. The maximum atomic E-state index is 12.4. The van der Waals surface area contributed by atoms with E-state index in [4.69, 9.17) is 10.00 Å². The van der Waals surface area contributed by atoms with Crippen molar-refractivity contribution in [2.45, 2.75) is 38.9 Å². The van der Waals surface area contributed by atoms with E-state index in [2.05, 4.69) is 30.1 Å². The van der Waals surface area contributed by atoms with Crippen LogP contribution in [0.2, 0.25) is 0 Å². The number of rotatable bonds is 3. The Morgan fingerprint density at radius 1 is 1.19 bits per heavy atom. The lowest BCUT2D eigenvalue weighted by molar-refractivity contribution is -0.0728. The average molecular weight is 356 g/mol. The van der Waals surface area contributed by atoms with Crippen LogP contribution in [0.25, 0.3) is 0 Å². The van der Waals surface area contributed by atoms with Crippen molar-refractivity contribution in [2.24, 2.45) is 5.92 Å². The summed E-state index contributed by atoms with van der Waals surface area (Å²) in [5, 5.41) is 11.8. The largest absolute Gasteiger partial charge is 0.373 e. The number of hydrogen-bond acceptors (Lipinski definition) is 4. The summed E-state index contributed by atoms with van der Waals surface area (Å²) in [5.74, 6) is 0.645. The second-order valence-electron chi connectivity index (χ2n) is 7.53. The molecular weight excluding hydrogens is 328 g/mol. The monoisotopic (exact) mass is 356 g/mol. The number of benzene rings is 1. The highest BCUT2D eigenvalue weighted by atomic mass is 16.5. The summed E-state index contributed by atoms with van der Waals surface area (Å²) >= 11 is 0. The van der Waals surface area contributed by atoms with Crippen LogP contribution < -0.4 is 5.32 Å². The van der Waals surface area contributed by atoms with E-state index in [1.54, 1.807) is 24.3 Å². The maximum absolute atomic E-state index is 12.4. The fraction of sp³-hybridized carbons (Fsp3) is 0.600. The second-order valence-corrected chi connectivity index (χ2v) is 7.53. The quantitative estimate of drug-likeness (QED) is 0.904. The predicted molar refractivity (Wildman–Crippen MR) is 101 cm³/mol. The second kappa shape index (κ2) is 8.52. The molecule has 6 nitrogen and oxygen atoms in total. The third kappa shape index (κ3) is 4.96. The molecule has 2 heterocycles. The SMILES string of the molecule is CC1CN(CC2CCN(C(=O)Nc3ccc(C#N)cc3)CC2)CC(C)O1. The molecule has 0 radical (unpaired) electrons. The average Bonchev–Trinajstić information content (AvgIpc) is 2.62. The van der Waals surface area contributed by atoms with Gasteiger partial charge in [-0.15, -0.1) is 0 Å². The number of nitriles is 1. The number of likely N-dealkylation sites (tertiary alicyclic amines) is 1. The molecule has 0 aromatic heterocycles. The van der Waals surface area contributed by atoms with E-state index in [1.807, 2.05) is 4.90 Å². The van der Waals surface area contributed by atoms with E-state index in [9.17, 15) is 4.79 Å². The number of morpholine rings is 1. The molecule has 2 saturated heterocycles. The maximum Gasteiger partial charge on any atom is 0.321 e. The molecule has 1 aromatic carbocycles. The van der Waals surface area contributed by atoms with E-state index in [1.165, 1.54) is 0 Å². The van der Waals surface area contributed by atoms with Crippen molar-refractivity contribution in [1.29, 1.82) is 5.26 Å². The van der Waals surface area contributed by atoms with Gasteiger partial charge in [0.05, 0.1) is 23.8 Å². The van der Waals surface area contributed by atoms with Gasteiger partial charge in [-0.2, -0.15) is 5.26 Å². The van der Waals surface area contributed by atoms with Gasteiger partial charge in [-0.3, -0.25) is 4.90 Å². The Kier molecular flexibility index (Phi) is 6.12. The first-order valence-electron chi connectivity index (χ1n) is 9.47. The fourth-order valence-electron chi connectivity index (χ4n) is 3.95. The normalized spacial score (nSPS) is 24.9. The van der Waals surface area contributed by atoms with E-state index in [-0.39, 0.29) is 6.03 Å². The highest BCUT2D eigenvalue weighted by molar-refractivity contribution is 5.89. The third-order valence-corrected chi connectivity index (χ3v) is 5.18.